The molecule has 0 bridgehead atoms. The van der Waals surface area contributed by atoms with Gasteiger partial charge < -0.3 is 20.3 Å². The molecular formula is C32H31N5O4S2. The number of hydrogen-bond donors (Lipinski definition) is 2. The summed E-state index contributed by atoms with van der Waals surface area (Å²) in [5.74, 6) is 1.85. The van der Waals surface area contributed by atoms with Crippen molar-refractivity contribution in [3.63, 3.8) is 0 Å². The molecule has 4 heterocycles. The first-order valence-corrected chi connectivity index (χ1v) is 16.3. The predicted molar refractivity (Wildman–Crippen MR) is 173 cm³/mol. The van der Waals surface area contributed by atoms with Gasteiger partial charge in [0.1, 0.15) is 21.2 Å². The second-order valence-corrected chi connectivity index (χ2v) is 12.3. The first kappa shape index (κ1) is 28.8. The van der Waals surface area contributed by atoms with Crippen LogP contribution in [0.5, 0.6) is 11.5 Å². The minimum absolute atomic E-state index is 0.0406. The molecule has 2 aliphatic heterocycles. The Morgan fingerprint density at radius 2 is 2.00 bits per heavy atom. The summed E-state index contributed by atoms with van der Waals surface area (Å²) in [6.07, 6.45) is 8.69. The lowest BCUT2D eigenvalue weighted by Crippen LogP contribution is -2.49. The van der Waals surface area contributed by atoms with E-state index in [1.54, 1.807) is 39.9 Å². The number of rotatable bonds is 8. The maximum Gasteiger partial charge on any atom is 0.331 e. The molecule has 2 aliphatic rings. The fraction of sp³-hybridized carbons (Fsp3) is 0.250. The molecular weight excluding hydrogens is 583 g/mol. The highest BCUT2D eigenvalue weighted by atomic mass is 32.2. The van der Waals surface area contributed by atoms with Crippen LogP contribution in [0.4, 0.5) is 21.9 Å². The van der Waals surface area contributed by atoms with Crippen molar-refractivity contribution in [1.82, 2.24) is 15.2 Å². The van der Waals surface area contributed by atoms with Crippen molar-refractivity contribution in [2.75, 3.05) is 35.3 Å². The van der Waals surface area contributed by atoms with E-state index >= 15 is 0 Å². The van der Waals surface area contributed by atoms with Crippen molar-refractivity contribution in [3.05, 3.63) is 83.4 Å². The number of carbonyl (C=O) groups is 3. The smallest absolute Gasteiger partial charge is 0.331 e. The van der Waals surface area contributed by atoms with Crippen molar-refractivity contribution in [3.8, 4) is 11.5 Å². The van der Waals surface area contributed by atoms with Gasteiger partial charge in [-0.25, -0.2) is 9.78 Å². The Bertz CT molecular complexity index is 1720. The highest BCUT2D eigenvalue weighted by Crippen LogP contribution is 2.46. The molecule has 2 N–H and O–H groups in total. The number of aromatic nitrogens is 1. The topological polar surface area (TPSA) is 104 Å². The molecule has 4 amide bonds. The lowest BCUT2D eigenvalue weighted by molar-refractivity contribution is -0.127. The molecule has 11 heteroatoms. The van der Waals surface area contributed by atoms with Gasteiger partial charge in [-0.05, 0) is 74.1 Å². The molecule has 2 aromatic carbocycles. The molecule has 0 unspecified atom stereocenters. The largest absolute Gasteiger partial charge is 0.457 e. The van der Waals surface area contributed by atoms with Crippen LogP contribution >= 0.6 is 23.1 Å². The lowest BCUT2D eigenvalue weighted by atomic mass is 10.0. The first-order valence-electron chi connectivity index (χ1n) is 14.0. The van der Waals surface area contributed by atoms with Crippen LogP contribution in [0.25, 0.3) is 10.2 Å². The molecule has 6 rings (SSSR count). The Hall–Kier alpha value is -4.35. The van der Waals surface area contributed by atoms with Crippen LogP contribution < -0.4 is 20.3 Å². The predicted octanol–water partition coefficient (Wildman–Crippen LogP) is 6.72. The molecule has 0 saturated carbocycles. The molecule has 4 aromatic rings. The van der Waals surface area contributed by atoms with Crippen molar-refractivity contribution < 1.29 is 19.1 Å². The summed E-state index contributed by atoms with van der Waals surface area (Å²) >= 11 is 2.90. The molecule has 220 valence electrons. The number of benzene rings is 2. The van der Waals surface area contributed by atoms with E-state index in [0.29, 0.717) is 45.6 Å². The summed E-state index contributed by atoms with van der Waals surface area (Å²) in [7, 11) is 0. The number of piperidine rings is 1. The fourth-order valence-electron chi connectivity index (χ4n) is 5.45. The number of thioether (sulfide) groups is 1. The maximum absolute atomic E-state index is 13.6. The fourth-order valence-corrected chi connectivity index (χ4v) is 6.76. The van der Waals surface area contributed by atoms with Crippen molar-refractivity contribution in [2.24, 2.45) is 0 Å². The molecule has 0 radical (unpaired) electrons. The molecule has 2 aromatic heterocycles. The van der Waals surface area contributed by atoms with E-state index in [-0.39, 0.29) is 23.9 Å². The second-order valence-electron chi connectivity index (χ2n) is 10.4. The Labute approximate surface area is 257 Å². The number of hydrogen-bond acceptors (Lipinski definition) is 7. The average molecular weight is 614 g/mol. The van der Waals surface area contributed by atoms with Gasteiger partial charge in [0.2, 0.25) is 5.91 Å². The molecule has 9 nitrogen and oxygen atoms in total. The van der Waals surface area contributed by atoms with Crippen LogP contribution in [0.15, 0.2) is 72.9 Å². The summed E-state index contributed by atoms with van der Waals surface area (Å²) in [5.41, 5.74) is 2.68. The molecule has 1 atom stereocenters. The number of amides is 4. The number of ether oxygens (including phenoxy) is 1. The van der Waals surface area contributed by atoms with Gasteiger partial charge in [0.25, 0.3) is 5.91 Å². The summed E-state index contributed by atoms with van der Waals surface area (Å²) in [6, 6.07) is 16.4. The number of thiophene rings is 1. The van der Waals surface area contributed by atoms with Gasteiger partial charge in [0.05, 0.1) is 22.4 Å². The van der Waals surface area contributed by atoms with E-state index in [4.69, 9.17) is 4.74 Å². The van der Waals surface area contributed by atoms with E-state index in [2.05, 4.69) is 15.6 Å². The zero-order valence-corrected chi connectivity index (χ0v) is 25.5. The number of nitrogens with one attached hydrogen (secondary N) is 2. The zero-order valence-electron chi connectivity index (χ0n) is 23.8. The number of likely N-dealkylation sites (tertiary alicyclic amines) is 1. The number of aryl methyl sites for hydroxylation is 1. The summed E-state index contributed by atoms with van der Waals surface area (Å²) in [5, 5.41) is 6.79. The normalized spacial score (nSPS) is 16.4. The lowest BCUT2D eigenvalue weighted by Gasteiger charge is -2.32. The van der Waals surface area contributed by atoms with Gasteiger partial charge in [0.15, 0.2) is 0 Å². The summed E-state index contributed by atoms with van der Waals surface area (Å²) in [4.78, 5) is 48.7. The molecule has 0 spiro atoms. The number of urea groups is 1. The third-order valence-electron chi connectivity index (χ3n) is 7.43. The number of pyridine rings is 1. The quantitative estimate of drug-likeness (QED) is 0.214. The summed E-state index contributed by atoms with van der Waals surface area (Å²) in [6.45, 7) is 3.04. The number of para-hydroxylation sites is 1. The van der Waals surface area contributed by atoms with Gasteiger partial charge in [-0.15, -0.1) is 11.3 Å². The van der Waals surface area contributed by atoms with Gasteiger partial charge in [-0.2, -0.15) is 11.8 Å². The monoisotopic (exact) mass is 613 g/mol. The van der Waals surface area contributed by atoms with E-state index in [0.717, 1.165) is 35.3 Å². The van der Waals surface area contributed by atoms with Gasteiger partial charge in [0, 0.05) is 31.1 Å². The van der Waals surface area contributed by atoms with Gasteiger partial charge >= 0.3 is 6.03 Å². The van der Waals surface area contributed by atoms with Crippen LogP contribution in [0.1, 0.15) is 28.1 Å². The summed E-state index contributed by atoms with van der Waals surface area (Å²) < 4.78 is 5.98. The van der Waals surface area contributed by atoms with E-state index in [1.807, 2.05) is 67.8 Å². The second kappa shape index (κ2) is 12.5. The highest BCUT2D eigenvalue weighted by molar-refractivity contribution is 7.98. The average Bonchev–Trinajstić information content (AvgIpc) is 3.38. The minimum atomic E-state index is -0.362. The van der Waals surface area contributed by atoms with E-state index < -0.39 is 0 Å². The van der Waals surface area contributed by atoms with Crippen LogP contribution in [0.3, 0.4) is 0 Å². The Morgan fingerprint density at radius 3 is 2.79 bits per heavy atom. The zero-order chi connectivity index (χ0) is 29.9. The van der Waals surface area contributed by atoms with Crippen molar-refractivity contribution in [1.29, 1.82) is 0 Å². The maximum atomic E-state index is 13.6. The van der Waals surface area contributed by atoms with Gasteiger partial charge in [-0.3, -0.25) is 14.5 Å². The number of anilines is 3. The number of nitrogens with zero attached hydrogens (tertiary/aromatic N) is 3. The Morgan fingerprint density at radius 1 is 1.16 bits per heavy atom. The van der Waals surface area contributed by atoms with Crippen LogP contribution in [0, 0.1) is 6.92 Å². The van der Waals surface area contributed by atoms with Crippen LogP contribution in [0.2, 0.25) is 0 Å². The standard InChI is InChI=1S/C32H31N5O4S2/c1-20-18-23(41-22-9-4-3-5-10-22)12-13-24(20)37-25-14-15-33-31-27(25)28(35-32(37)40)29(43-31)30(39)34-21-8-6-16-36(19-21)26(38)11-7-17-42-2/h3-5,7,9-15,18,21H,6,8,16-17,19H2,1-2H3,(H,34,39)(H,35,40)/b11-7+/t21-/m1/s1. The SMILES string of the molecule is CSC/C=C/C(=O)N1CCC[C@@H](NC(=O)c2sc3nccc4c3c2NC(=O)N4c2ccc(Oc3ccccc3)cc2C)C1. The Kier molecular flexibility index (Phi) is 8.35. The van der Waals surface area contributed by atoms with Crippen LogP contribution in [-0.2, 0) is 4.79 Å². The van der Waals surface area contributed by atoms with Crippen LogP contribution in [-0.4, -0.2) is 58.9 Å². The van der Waals surface area contributed by atoms with Crippen molar-refractivity contribution >= 4 is 68.2 Å². The highest BCUT2D eigenvalue weighted by Gasteiger charge is 2.34. The molecule has 1 saturated heterocycles. The van der Waals surface area contributed by atoms with E-state index in [1.165, 1.54) is 11.3 Å². The molecule has 43 heavy (non-hydrogen) atoms. The third kappa shape index (κ3) is 5.95. The number of carbonyl (C=O) groups excluding carboxylic acids is 3. The molecule has 0 aliphatic carbocycles. The molecule has 1 fully saturated rings. The Balaban J connectivity index is 1.24. The minimum Gasteiger partial charge on any atom is -0.457 e. The third-order valence-corrected chi connectivity index (χ3v) is 9.05. The van der Waals surface area contributed by atoms with Crippen molar-refractivity contribution in [2.45, 2.75) is 25.8 Å². The van der Waals surface area contributed by atoms with Gasteiger partial charge in [-0.1, -0.05) is 24.3 Å². The van der Waals surface area contributed by atoms with E-state index in [9.17, 15) is 14.4 Å². The first-order chi connectivity index (χ1) is 20.9.